The molecule has 0 unspecified atom stereocenters. The summed E-state index contributed by atoms with van der Waals surface area (Å²) in [5.74, 6) is -0.613. The number of halogens is 2. The van der Waals surface area contributed by atoms with Crippen LogP contribution >= 0.6 is 11.6 Å². The van der Waals surface area contributed by atoms with Gasteiger partial charge >= 0.3 is 0 Å². The highest BCUT2D eigenvalue weighted by Gasteiger charge is 2.18. The van der Waals surface area contributed by atoms with Gasteiger partial charge in [0, 0.05) is 10.7 Å². The number of benzene rings is 2. The highest BCUT2D eigenvalue weighted by molar-refractivity contribution is 6.30. The van der Waals surface area contributed by atoms with Crippen molar-refractivity contribution >= 4 is 23.2 Å². The quantitative estimate of drug-likeness (QED) is 0.729. The van der Waals surface area contributed by atoms with E-state index < -0.39 is 0 Å². The lowest BCUT2D eigenvalue weighted by molar-refractivity contribution is 0.102. The van der Waals surface area contributed by atoms with E-state index in [-0.39, 0.29) is 11.7 Å². The number of hydrogen-bond acceptors (Lipinski definition) is 2. The van der Waals surface area contributed by atoms with E-state index in [4.69, 9.17) is 11.6 Å². The molecule has 0 aliphatic rings. The van der Waals surface area contributed by atoms with Crippen molar-refractivity contribution < 1.29 is 9.18 Å². The molecule has 4 nitrogen and oxygen atoms in total. The van der Waals surface area contributed by atoms with E-state index in [2.05, 4.69) is 10.4 Å². The first kappa shape index (κ1) is 17.2. The number of nitrogens with one attached hydrogen (secondary N) is 1. The summed E-state index contributed by atoms with van der Waals surface area (Å²) in [5.41, 5.74) is 3.28. The van der Waals surface area contributed by atoms with Crippen LogP contribution in [-0.4, -0.2) is 15.7 Å². The Balaban J connectivity index is 1.93. The average molecular weight is 358 g/mol. The highest BCUT2D eigenvalue weighted by Crippen LogP contribution is 2.21. The summed E-state index contributed by atoms with van der Waals surface area (Å²) in [6.45, 7) is 3.70. The van der Waals surface area contributed by atoms with Crippen molar-refractivity contribution in [2.24, 2.45) is 0 Å². The smallest absolute Gasteiger partial charge is 0.259 e. The van der Waals surface area contributed by atoms with Gasteiger partial charge in [0.05, 0.1) is 23.1 Å². The maximum atomic E-state index is 13.2. The molecule has 0 aliphatic heterocycles. The molecule has 0 radical (unpaired) electrons. The Morgan fingerprint density at radius 1 is 1.28 bits per heavy atom. The first-order valence-electron chi connectivity index (χ1n) is 7.90. The van der Waals surface area contributed by atoms with Crippen LogP contribution in [0, 0.1) is 12.7 Å². The number of anilines is 1. The second-order valence-electron chi connectivity index (χ2n) is 5.66. The molecule has 0 saturated heterocycles. The molecule has 1 aromatic heterocycles. The van der Waals surface area contributed by atoms with Crippen molar-refractivity contribution in [3.8, 4) is 5.69 Å². The zero-order valence-corrected chi connectivity index (χ0v) is 14.6. The van der Waals surface area contributed by atoms with Crippen molar-refractivity contribution in [1.29, 1.82) is 0 Å². The maximum absolute atomic E-state index is 13.2. The minimum Gasteiger partial charge on any atom is -0.322 e. The molecule has 1 N–H and O–H groups in total. The molecule has 3 rings (SSSR count). The van der Waals surface area contributed by atoms with Gasteiger partial charge in [-0.2, -0.15) is 5.10 Å². The predicted octanol–water partition coefficient (Wildman–Crippen LogP) is 4.79. The zero-order valence-electron chi connectivity index (χ0n) is 13.9. The molecule has 3 aromatic rings. The Kier molecular flexibility index (Phi) is 4.86. The van der Waals surface area contributed by atoms with Crippen molar-refractivity contribution in [3.63, 3.8) is 0 Å². The summed E-state index contributed by atoms with van der Waals surface area (Å²) in [6.07, 6.45) is 2.16. The molecule has 0 spiro atoms. The van der Waals surface area contributed by atoms with Gasteiger partial charge in [-0.05, 0) is 55.3 Å². The van der Waals surface area contributed by atoms with Gasteiger partial charge in [-0.1, -0.05) is 24.6 Å². The minimum absolute atomic E-state index is 0.278. The van der Waals surface area contributed by atoms with E-state index in [0.29, 0.717) is 28.3 Å². The summed E-state index contributed by atoms with van der Waals surface area (Å²) >= 11 is 6.05. The zero-order chi connectivity index (χ0) is 18.0. The molecule has 1 amide bonds. The Morgan fingerprint density at radius 2 is 2.08 bits per heavy atom. The Hall–Kier alpha value is -2.66. The topological polar surface area (TPSA) is 46.9 Å². The molecule has 25 heavy (non-hydrogen) atoms. The summed E-state index contributed by atoms with van der Waals surface area (Å²) in [7, 11) is 0. The van der Waals surface area contributed by atoms with Crippen molar-refractivity contribution in [2.45, 2.75) is 20.3 Å². The van der Waals surface area contributed by atoms with Gasteiger partial charge in [-0.25, -0.2) is 9.07 Å². The van der Waals surface area contributed by atoms with E-state index >= 15 is 0 Å². The van der Waals surface area contributed by atoms with Gasteiger partial charge < -0.3 is 5.32 Å². The number of hydrogen-bond donors (Lipinski definition) is 1. The van der Waals surface area contributed by atoms with E-state index in [9.17, 15) is 9.18 Å². The minimum atomic E-state index is -0.335. The maximum Gasteiger partial charge on any atom is 0.259 e. The van der Waals surface area contributed by atoms with Crippen molar-refractivity contribution in [2.75, 3.05) is 5.32 Å². The first-order valence-corrected chi connectivity index (χ1v) is 8.27. The second kappa shape index (κ2) is 7.07. The average Bonchev–Trinajstić information content (AvgIpc) is 3.01. The number of nitrogens with zero attached hydrogens (tertiary/aromatic N) is 2. The van der Waals surface area contributed by atoms with E-state index in [0.717, 1.165) is 11.4 Å². The molecule has 1 heterocycles. The standard InChI is InChI=1S/C19H17ClFN3O/c1-3-18-16(11-22-24(18)15-6-4-5-13(20)10-15)19(25)23-17-8-7-14(21)9-12(17)2/h4-11H,3H2,1-2H3,(H,23,25). The molecule has 0 bridgehead atoms. The molecule has 128 valence electrons. The molecule has 6 heteroatoms. The van der Waals surface area contributed by atoms with Crippen LogP contribution in [0.4, 0.5) is 10.1 Å². The van der Waals surface area contributed by atoms with Crippen LogP contribution in [0.25, 0.3) is 5.69 Å². The van der Waals surface area contributed by atoms with E-state index in [1.165, 1.54) is 18.3 Å². The van der Waals surface area contributed by atoms with Crippen LogP contribution in [0.1, 0.15) is 28.5 Å². The first-order chi connectivity index (χ1) is 12.0. The molecular weight excluding hydrogens is 341 g/mol. The van der Waals surface area contributed by atoms with Crippen LogP contribution in [-0.2, 0) is 6.42 Å². The summed E-state index contributed by atoms with van der Waals surface area (Å²) in [6, 6.07) is 11.5. The number of amides is 1. The third-order valence-electron chi connectivity index (χ3n) is 3.94. The van der Waals surface area contributed by atoms with Crippen LogP contribution in [0.3, 0.4) is 0 Å². The molecule has 2 aromatic carbocycles. The Labute approximate surface area is 150 Å². The van der Waals surface area contributed by atoms with Crippen LogP contribution in [0.15, 0.2) is 48.7 Å². The van der Waals surface area contributed by atoms with Crippen LogP contribution in [0.2, 0.25) is 5.02 Å². The number of aromatic nitrogens is 2. The van der Waals surface area contributed by atoms with Gasteiger partial charge in [0.15, 0.2) is 0 Å². The number of carbonyl (C=O) groups excluding carboxylic acids is 1. The van der Waals surface area contributed by atoms with Gasteiger partial charge in [0.2, 0.25) is 0 Å². The number of aryl methyl sites for hydroxylation is 1. The largest absolute Gasteiger partial charge is 0.322 e. The molecular formula is C19H17ClFN3O. The van der Waals surface area contributed by atoms with Gasteiger partial charge in [-0.15, -0.1) is 0 Å². The normalized spacial score (nSPS) is 10.7. The molecule has 0 aliphatic carbocycles. The number of carbonyl (C=O) groups is 1. The third kappa shape index (κ3) is 3.56. The third-order valence-corrected chi connectivity index (χ3v) is 4.17. The van der Waals surface area contributed by atoms with E-state index in [1.54, 1.807) is 29.8 Å². The van der Waals surface area contributed by atoms with Gasteiger partial charge in [0.1, 0.15) is 5.82 Å². The van der Waals surface area contributed by atoms with Gasteiger partial charge in [0.25, 0.3) is 5.91 Å². The molecule has 0 fully saturated rings. The monoisotopic (exact) mass is 357 g/mol. The van der Waals surface area contributed by atoms with Crippen molar-refractivity contribution in [3.05, 3.63) is 76.3 Å². The Morgan fingerprint density at radius 3 is 2.76 bits per heavy atom. The number of rotatable bonds is 4. The Bertz CT molecular complexity index is 936. The highest BCUT2D eigenvalue weighted by atomic mass is 35.5. The van der Waals surface area contributed by atoms with Crippen LogP contribution < -0.4 is 5.32 Å². The lowest BCUT2D eigenvalue weighted by Gasteiger charge is -2.10. The second-order valence-corrected chi connectivity index (χ2v) is 6.10. The molecule has 0 saturated carbocycles. The predicted molar refractivity (Wildman–Crippen MR) is 97.0 cm³/mol. The van der Waals surface area contributed by atoms with Gasteiger partial charge in [-0.3, -0.25) is 4.79 Å². The lowest BCUT2D eigenvalue weighted by atomic mass is 10.1. The summed E-state index contributed by atoms with van der Waals surface area (Å²) in [4.78, 5) is 12.7. The van der Waals surface area contributed by atoms with E-state index in [1.807, 2.05) is 19.1 Å². The fourth-order valence-electron chi connectivity index (χ4n) is 2.69. The van der Waals surface area contributed by atoms with Crippen molar-refractivity contribution in [1.82, 2.24) is 9.78 Å². The fourth-order valence-corrected chi connectivity index (χ4v) is 2.88. The van der Waals surface area contributed by atoms with Crippen LogP contribution in [0.5, 0.6) is 0 Å². The molecule has 0 atom stereocenters. The summed E-state index contributed by atoms with van der Waals surface area (Å²) in [5, 5.41) is 7.75. The fraction of sp³-hybridized carbons (Fsp3) is 0.158. The lowest BCUT2D eigenvalue weighted by Crippen LogP contribution is -2.15. The SMILES string of the molecule is CCc1c(C(=O)Nc2ccc(F)cc2C)cnn1-c1cccc(Cl)c1. The summed E-state index contributed by atoms with van der Waals surface area (Å²) < 4.78 is 14.9.